The molecule has 1 aromatic carbocycles. The molecule has 0 saturated heterocycles. The van der Waals surface area contributed by atoms with Crippen molar-refractivity contribution < 1.29 is 14.6 Å². The number of aromatic carboxylic acids is 1. The van der Waals surface area contributed by atoms with Gasteiger partial charge >= 0.3 is 5.97 Å². The normalized spacial score (nSPS) is 10.9. The van der Waals surface area contributed by atoms with Crippen LogP contribution < -0.4 is 10.3 Å². The molecule has 8 heteroatoms. The van der Waals surface area contributed by atoms with Crippen molar-refractivity contribution >= 4 is 17.0 Å². The second-order valence-electron chi connectivity index (χ2n) is 5.09. The Hall–Kier alpha value is -3.16. The number of fused-ring (bicyclic) bond motifs is 1. The summed E-state index contributed by atoms with van der Waals surface area (Å²) in [6.07, 6.45) is 2.95. The zero-order valence-electron chi connectivity index (χ0n) is 13.0. The highest BCUT2D eigenvalue weighted by Crippen LogP contribution is 2.17. The monoisotopic (exact) mass is 328 g/mol. The molecular formula is C16H16N4O4. The first-order valence-corrected chi connectivity index (χ1v) is 7.48. The molecular weight excluding hydrogens is 312 g/mol. The molecule has 0 unspecified atom stereocenters. The number of rotatable bonds is 6. The number of hydrogen-bond acceptors (Lipinski definition) is 5. The van der Waals surface area contributed by atoms with Crippen molar-refractivity contribution in [3.63, 3.8) is 0 Å². The lowest BCUT2D eigenvalue weighted by molar-refractivity contribution is 0.0692. The van der Waals surface area contributed by atoms with Gasteiger partial charge in [0.25, 0.3) is 5.56 Å². The van der Waals surface area contributed by atoms with E-state index in [0.717, 1.165) is 0 Å². The number of ether oxygens (including phenoxy) is 1. The van der Waals surface area contributed by atoms with E-state index in [-0.39, 0.29) is 30.0 Å². The van der Waals surface area contributed by atoms with Crippen molar-refractivity contribution in [2.24, 2.45) is 0 Å². The van der Waals surface area contributed by atoms with Gasteiger partial charge in [0.15, 0.2) is 5.65 Å². The molecule has 0 saturated carbocycles. The average molecular weight is 328 g/mol. The molecule has 0 radical (unpaired) electrons. The van der Waals surface area contributed by atoms with Gasteiger partial charge in [-0.15, -0.1) is 0 Å². The second-order valence-corrected chi connectivity index (χ2v) is 5.09. The van der Waals surface area contributed by atoms with Crippen molar-refractivity contribution in [3.8, 4) is 5.75 Å². The maximum atomic E-state index is 12.4. The molecule has 2 heterocycles. The van der Waals surface area contributed by atoms with Crippen LogP contribution in [0.3, 0.4) is 0 Å². The molecule has 1 N–H and O–H groups in total. The Kier molecular flexibility index (Phi) is 4.28. The quantitative estimate of drug-likeness (QED) is 0.734. The Balaban J connectivity index is 1.76. The largest absolute Gasteiger partial charge is 0.491 e. The van der Waals surface area contributed by atoms with Crippen molar-refractivity contribution in [2.75, 3.05) is 6.61 Å². The molecule has 3 aromatic rings. The fourth-order valence-corrected chi connectivity index (χ4v) is 2.41. The predicted molar refractivity (Wildman–Crippen MR) is 86.4 cm³/mol. The fourth-order valence-electron chi connectivity index (χ4n) is 2.41. The van der Waals surface area contributed by atoms with E-state index in [0.29, 0.717) is 17.6 Å². The van der Waals surface area contributed by atoms with Crippen LogP contribution in [0.4, 0.5) is 0 Å². The summed E-state index contributed by atoms with van der Waals surface area (Å²) in [5.74, 6) is -0.788. The van der Waals surface area contributed by atoms with Crippen LogP contribution in [-0.4, -0.2) is 37.0 Å². The molecule has 8 nitrogen and oxygen atoms in total. The molecule has 24 heavy (non-hydrogen) atoms. The lowest BCUT2D eigenvalue weighted by Gasteiger charge is -2.10. The van der Waals surface area contributed by atoms with E-state index >= 15 is 0 Å². The highest BCUT2D eigenvalue weighted by atomic mass is 16.5. The van der Waals surface area contributed by atoms with Gasteiger partial charge in [0.05, 0.1) is 12.7 Å². The zero-order chi connectivity index (χ0) is 17.1. The van der Waals surface area contributed by atoms with E-state index in [1.807, 2.05) is 6.92 Å². The molecule has 0 aliphatic rings. The molecule has 0 bridgehead atoms. The highest BCUT2D eigenvalue weighted by molar-refractivity contribution is 5.90. The standard InChI is InChI=1S/C16H16N4O4/c1-2-20-14-12(9-18-20)15(21)19(10-17-14)7-8-24-13-6-4-3-5-11(13)16(22)23/h3-6,9-10H,2,7-8H2,1H3,(H,22,23). The maximum Gasteiger partial charge on any atom is 0.339 e. The fraction of sp³-hybridized carbons (Fsp3) is 0.250. The van der Waals surface area contributed by atoms with Gasteiger partial charge < -0.3 is 9.84 Å². The number of carboxylic acid groups (broad SMARTS) is 1. The van der Waals surface area contributed by atoms with Crippen LogP contribution in [0.5, 0.6) is 5.75 Å². The first kappa shape index (κ1) is 15.7. The van der Waals surface area contributed by atoms with Crippen molar-refractivity contribution in [3.05, 3.63) is 52.7 Å². The van der Waals surface area contributed by atoms with Gasteiger partial charge in [-0.2, -0.15) is 5.10 Å². The Morgan fingerprint density at radius 3 is 2.88 bits per heavy atom. The van der Waals surface area contributed by atoms with Crippen molar-refractivity contribution in [2.45, 2.75) is 20.0 Å². The number of carbonyl (C=O) groups is 1. The molecule has 124 valence electrons. The van der Waals surface area contributed by atoms with Crippen molar-refractivity contribution in [1.29, 1.82) is 0 Å². The van der Waals surface area contributed by atoms with Gasteiger partial charge in [-0.3, -0.25) is 9.36 Å². The van der Waals surface area contributed by atoms with E-state index in [1.54, 1.807) is 22.9 Å². The van der Waals surface area contributed by atoms with Crippen LogP contribution in [0.25, 0.3) is 11.0 Å². The van der Waals surface area contributed by atoms with Gasteiger partial charge in [-0.25, -0.2) is 14.5 Å². The maximum absolute atomic E-state index is 12.4. The number of aromatic nitrogens is 4. The summed E-state index contributed by atoms with van der Waals surface area (Å²) >= 11 is 0. The minimum Gasteiger partial charge on any atom is -0.491 e. The molecule has 0 aliphatic heterocycles. The number of para-hydroxylation sites is 1. The van der Waals surface area contributed by atoms with Gasteiger partial charge in [0.1, 0.15) is 29.6 Å². The SMILES string of the molecule is CCn1ncc2c(=O)n(CCOc3ccccc3C(=O)O)cnc21. The second kappa shape index (κ2) is 6.53. The molecule has 3 rings (SSSR count). The number of benzene rings is 1. The Bertz CT molecular complexity index is 945. The van der Waals surface area contributed by atoms with E-state index in [4.69, 9.17) is 9.84 Å². The van der Waals surface area contributed by atoms with E-state index < -0.39 is 5.97 Å². The third kappa shape index (κ3) is 2.85. The summed E-state index contributed by atoms with van der Waals surface area (Å²) < 4.78 is 8.58. The van der Waals surface area contributed by atoms with Crippen LogP contribution in [0.2, 0.25) is 0 Å². The van der Waals surface area contributed by atoms with E-state index in [1.165, 1.54) is 23.2 Å². The molecule has 0 atom stereocenters. The Labute approximate surface area is 136 Å². The van der Waals surface area contributed by atoms with Crippen LogP contribution in [-0.2, 0) is 13.1 Å². The summed E-state index contributed by atoms with van der Waals surface area (Å²) in [4.78, 5) is 27.8. The van der Waals surface area contributed by atoms with E-state index in [2.05, 4.69) is 10.1 Å². The number of hydrogen-bond donors (Lipinski definition) is 1. The minimum absolute atomic E-state index is 0.0858. The Morgan fingerprint density at radius 1 is 1.33 bits per heavy atom. The smallest absolute Gasteiger partial charge is 0.339 e. The topological polar surface area (TPSA) is 99.2 Å². The van der Waals surface area contributed by atoms with Crippen LogP contribution in [0.15, 0.2) is 41.6 Å². The van der Waals surface area contributed by atoms with Crippen LogP contribution >= 0.6 is 0 Å². The summed E-state index contributed by atoms with van der Waals surface area (Å²) in [7, 11) is 0. The lowest BCUT2D eigenvalue weighted by Crippen LogP contribution is -2.23. The molecule has 0 fully saturated rings. The van der Waals surface area contributed by atoms with Crippen LogP contribution in [0, 0.1) is 0 Å². The summed E-state index contributed by atoms with van der Waals surface area (Å²) in [6, 6.07) is 6.38. The van der Waals surface area contributed by atoms with Gasteiger partial charge in [-0.05, 0) is 19.1 Å². The summed E-state index contributed by atoms with van der Waals surface area (Å²) in [5.41, 5.74) is 0.438. The van der Waals surface area contributed by atoms with Gasteiger partial charge in [-0.1, -0.05) is 12.1 Å². The van der Waals surface area contributed by atoms with Crippen molar-refractivity contribution in [1.82, 2.24) is 19.3 Å². The first-order chi connectivity index (χ1) is 11.6. The molecule has 2 aromatic heterocycles. The number of nitrogens with zero attached hydrogens (tertiary/aromatic N) is 4. The third-order valence-corrected chi connectivity index (χ3v) is 3.63. The minimum atomic E-state index is -1.06. The first-order valence-electron chi connectivity index (χ1n) is 7.48. The predicted octanol–water partition coefficient (Wildman–Crippen LogP) is 1.39. The summed E-state index contributed by atoms with van der Waals surface area (Å²) in [6.45, 7) is 2.97. The third-order valence-electron chi connectivity index (χ3n) is 3.63. The van der Waals surface area contributed by atoms with E-state index in [9.17, 15) is 9.59 Å². The summed E-state index contributed by atoms with van der Waals surface area (Å²) in [5, 5.41) is 13.7. The molecule has 0 aliphatic carbocycles. The number of carboxylic acids is 1. The highest BCUT2D eigenvalue weighted by Gasteiger charge is 2.11. The van der Waals surface area contributed by atoms with Gasteiger partial charge in [0.2, 0.25) is 0 Å². The van der Waals surface area contributed by atoms with Crippen LogP contribution in [0.1, 0.15) is 17.3 Å². The molecule has 0 spiro atoms. The Morgan fingerprint density at radius 2 is 2.12 bits per heavy atom. The van der Waals surface area contributed by atoms with Gasteiger partial charge in [0, 0.05) is 6.54 Å². The average Bonchev–Trinajstić information content (AvgIpc) is 3.01. The molecule has 0 amide bonds. The number of aryl methyl sites for hydroxylation is 1. The zero-order valence-corrected chi connectivity index (χ0v) is 13.0. The lowest BCUT2D eigenvalue weighted by atomic mass is 10.2.